The van der Waals surface area contributed by atoms with E-state index in [0.717, 1.165) is 6.26 Å². The fraction of sp³-hybridized carbons (Fsp3) is 0.300. The van der Waals surface area contributed by atoms with Gasteiger partial charge in [0.1, 0.15) is 5.75 Å². The van der Waals surface area contributed by atoms with Crippen LogP contribution in [0, 0.1) is 0 Å². The van der Waals surface area contributed by atoms with E-state index in [1.807, 2.05) is 0 Å². The third-order valence-corrected chi connectivity index (χ3v) is 2.53. The Bertz CT molecular complexity index is 508. The van der Waals surface area contributed by atoms with Crippen molar-refractivity contribution in [3.05, 3.63) is 23.8 Å². The van der Waals surface area contributed by atoms with Gasteiger partial charge in [0, 0.05) is 12.1 Å². The van der Waals surface area contributed by atoms with Crippen molar-refractivity contribution in [1.82, 2.24) is 0 Å². The van der Waals surface area contributed by atoms with E-state index in [4.69, 9.17) is 0 Å². The Balaban J connectivity index is 3.12. The highest BCUT2D eigenvalue weighted by atomic mass is 32.2. The van der Waals surface area contributed by atoms with Crippen LogP contribution in [0.15, 0.2) is 18.2 Å². The molecule has 16 heavy (non-hydrogen) atoms. The molecule has 0 saturated carbocycles. The van der Waals surface area contributed by atoms with Crippen LogP contribution in [-0.2, 0) is 10.0 Å². The Hall–Kier alpha value is -1.56. The molecule has 88 valence electrons. The van der Waals surface area contributed by atoms with Crippen LogP contribution < -0.4 is 4.72 Å². The van der Waals surface area contributed by atoms with E-state index in [1.165, 1.54) is 18.2 Å². The number of carbonyl (C=O) groups is 1. The summed E-state index contributed by atoms with van der Waals surface area (Å²) >= 11 is 0. The first-order chi connectivity index (χ1) is 7.33. The van der Waals surface area contributed by atoms with Crippen molar-refractivity contribution in [3.8, 4) is 5.75 Å². The summed E-state index contributed by atoms with van der Waals surface area (Å²) in [5.74, 6) is -0.388. The number of ketones is 1. The van der Waals surface area contributed by atoms with Gasteiger partial charge in [-0.1, -0.05) is 6.92 Å². The first-order valence-electron chi connectivity index (χ1n) is 4.67. The molecule has 0 radical (unpaired) electrons. The van der Waals surface area contributed by atoms with Gasteiger partial charge in [0.15, 0.2) is 5.78 Å². The van der Waals surface area contributed by atoms with Crippen LogP contribution in [0.2, 0.25) is 0 Å². The maximum atomic E-state index is 11.4. The first-order valence-corrected chi connectivity index (χ1v) is 6.56. The summed E-state index contributed by atoms with van der Waals surface area (Å²) in [4.78, 5) is 11.4. The van der Waals surface area contributed by atoms with Gasteiger partial charge in [-0.15, -0.1) is 0 Å². The van der Waals surface area contributed by atoms with Gasteiger partial charge in [-0.2, -0.15) is 0 Å². The predicted octanol–water partition coefficient (Wildman–Crippen LogP) is 1.36. The van der Waals surface area contributed by atoms with E-state index < -0.39 is 10.0 Å². The zero-order chi connectivity index (χ0) is 12.3. The highest BCUT2D eigenvalue weighted by Gasteiger charge is 2.11. The molecule has 0 unspecified atom stereocenters. The minimum absolute atomic E-state index is 0.121. The SMILES string of the molecule is CCC(=O)c1cc(NS(C)(=O)=O)ccc1O. The predicted molar refractivity (Wildman–Crippen MR) is 61.2 cm³/mol. The van der Waals surface area contributed by atoms with Crippen molar-refractivity contribution in [3.63, 3.8) is 0 Å². The lowest BCUT2D eigenvalue weighted by Crippen LogP contribution is -2.10. The molecule has 0 fully saturated rings. The quantitative estimate of drug-likeness (QED) is 0.617. The largest absolute Gasteiger partial charge is 0.507 e. The number of phenols is 1. The van der Waals surface area contributed by atoms with E-state index in [1.54, 1.807) is 6.92 Å². The number of nitrogens with one attached hydrogen (secondary N) is 1. The Kier molecular flexibility index (Phi) is 3.54. The number of phenolic OH excluding ortho intramolecular Hbond substituents is 1. The molecule has 2 N–H and O–H groups in total. The van der Waals surface area contributed by atoms with Crippen molar-refractivity contribution in [1.29, 1.82) is 0 Å². The number of aromatic hydroxyl groups is 1. The second-order valence-corrected chi connectivity index (χ2v) is 5.13. The lowest BCUT2D eigenvalue weighted by Gasteiger charge is -2.07. The van der Waals surface area contributed by atoms with Crippen molar-refractivity contribution in [2.75, 3.05) is 11.0 Å². The number of rotatable bonds is 4. The summed E-state index contributed by atoms with van der Waals surface area (Å²) in [5, 5.41) is 9.44. The molecule has 1 aromatic carbocycles. The normalized spacial score (nSPS) is 11.1. The lowest BCUT2D eigenvalue weighted by atomic mass is 10.1. The number of sulfonamides is 1. The van der Waals surface area contributed by atoms with Gasteiger partial charge in [0.2, 0.25) is 10.0 Å². The van der Waals surface area contributed by atoms with Gasteiger partial charge in [-0.05, 0) is 18.2 Å². The Morgan fingerprint density at radius 2 is 2.06 bits per heavy atom. The molecule has 0 amide bonds. The molecule has 1 aromatic rings. The third-order valence-electron chi connectivity index (χ3n) is 1.92. The second kappa shape index (κ2) is 4.52. The van der Waals surface area contributed by atoms with Crippen molar-refractivity contribution >= 4 is 21.5 Å². The van der Waals surface area contributed by atoms with Crippen LogP contribution in [0.25, 0.3) is 0 Å². The Labute approximate surface area is 94.2 Å². The smallest absolute Gasteiger partial charge is 0.229 e. The highest BCUT2D eigenvalue weighted by molar-refractivity contribution is 7.92. The number of carbonyl (C=O) groups excluding carboxylic acids is 1. The summed E-state index contributed by atoms with van der Waals surface area (Å²) < 4.78 is 24.2. The number of anilines is 1. The zero-order valence-corrected chi connectivity index (χ0v) is 9.84. The van der Waals surface area contributed by atoms with Crippen molar-refractivity contribution in [2.24, 2.45) is 0 Å². The maximum Gasteiger partial charge on any atom is 0.229 e. The van der Waals surface area contributed by atoms with Crippen LogP contribution in [-0.4, -0.2) is 25.6 Å². The molecule has 1 rings (SSSR count). The van der Waals surface area contributed by atoms with Crippen LogP contribution in [0.3, 0.4) is 0 Å². The number of hydrogen-bond acceptors (Lipinski definition) is 4. The van der Waals surface area contributed by atoms with Gasteiger partial charge in [-0.3, -0.25) is 9.52 Å². The number of Topliss-reactive ketones (excluding diaryl/α,β-unsaturated/α-hetero) is 1. The first kappa shape index (κ1) is 12.5. The Morgan fingerprint density at radius 3 is 2.56 bits per heavy atom. The van der Waals surface area contributed by atoms with E-state index >= 15 is 0 Å². The van der Waals surface area contributed by atoms with Gasteiger partial charge in [-0.25, -0.2) is 8.42 Å². The molecular formula is C10H13NO4S. The summed E-state index contributed by atoms with van der Waals surface area (Å²) in [6, 6.07) is 4.00. The summed E-state index contributed by atoms with van der Waals surface area (Å²) in [6.45, 7) is 1.67. The van der Waals surface area contributed by atoms with E-state index in [2.05, 4.69) is 4.72 Å². The molecule has 0 bridgehead atoms. The minimum atomic E-state index is -3.38. The van der Waals surface area contributed by atoms with Gasteiger partial charge >= 0.3 is 0 Å². The van der Waals surface area contributed by atoms with Crippen LogP contribution in [0.4, 0.5) is 5.69 Å². The third kappa shape index (κ3) is 3.23. The van der Waals surface area contributed by atoms with Gasteiger partial charge in [0.25, 0.3) is 0 Å². The molecule has 6 heteroatoms. The van der Waals surface area contributed by atoms with Crippen molar-refractivity contribution < 1.29 is 18.3 Å². The van der Waals surface area contributed by atoms with E-state index in [0.29, 0.717) is 0 Å². The van der Waals surface area contributed by atoms with Crippen LogP contribution in [0.1, 0.15) is 23.7 Å². The molecule has 0 aliphatic carbocycles. The Morgan fingerprint density at radius 1 is 1.44 bits per heavy atom. The molecule has 0 aliphatic heterocycles. The fourth-order valence-corrected chi connectivity index (χ4v) is 1.78. The fourth-order valence-electron chi connectivity index (χ4n) is 1.23. The molecule has 5 nitrogen and oxygen atoms in total. The summed E-state index contributed by atoms with van der Waals surface area (Å²) in [5.41, 5.74) is 0.383. The van der Waals surface area contributed by atoms with Gasteiger partial charge in [0.05, 0.1) is 11.8 Å². The minimum Gasteiger partial charge on any atom is -0.507 e. The summed E-state index contributed by atoms with van der Waals surface area (Å²) in [7, 11) is -3.38. The molecule has 0 atom stereocenters. The van der Waals surface area contributed by atoms with E-state index in [9.17, 15) is 18.3 Å². The maximum absolute atomic E-state index is 11.4. The average Bonchev–Trinajstić information content (AvgIpc) is 2.18. The topological polar surface area (TPSA) is 83.5 Å². The molecular weight excluding hydrogens is 230 g/mol. The molecule has 0 heterocycles. The number of benzene rings is 1. The van der Waals surface area contributed by atoms with Gasteiger partial charge < -0.3 is 5.11 Å². The standard InChI is InChI=1S/C10H13NO4S/c1-3-9(12)8-6-7(4-5-10(8)13)11-16(2,14)15/h4-6,11,13H,3H2,1-2H3. The highest BCUT2D eigenvalue weighted by Crippen LogP contribution is 2.23. The molecule has 0 saturated heterocycles. The number of hydrogen-bond donors (Lipinski definition) is 2. The van der Waals surface area contributed by atoms with Crippen LogP contribution >= 0.6 is 0 Å². The second-order valence-electron chi connectivity index (χ2n) is 3.38. The monoisotopic (exact) mass is 243 g/mol. The lowest BCUT2D eigenvalue weighted by molar-refractivity contribution is 0.0985. The summed E-state index contributed by atoms with van der Waals surface area (Å²) in [6.07, 6.45) is 1.26. The van der Waals surface area contributed by atoms with E-state index in [-0.39, 0.29) is 29.2 Å². The molecule has 0 aromatic heterocycles. The average molecular weight is 243 g/mol. The van der Waals surface area contributed by atoms with Crippen LogP contribution in [0.5, 0.6) is 5.75 Å². The zero-order valence-electron chi connectivity index (χ0n) is 9.02. The molecule has 0 spiro atoms. The molecule has 0 aliphatic rings. The van der Waals surface area contributed by atoms with Crippen molar-refractivity contribution in [2.45, 2.75) is 13.3 Å².